The zero-order chi connectivity index (χ0) is 14.3. The molecule has 0 fully saturated rings. The molecule has 0 bridgehead atoms. The Morgan fingerprint density at radius 1 is 1.15 bits per heavy atom. The van der Waals surface area contributed by atoms with Crippen molar-refractivity contribution in [2.75, 3.05) is 11.1 Å². The largest absolute Gasteiger partial charge is 0.397 e. The number of halogens is 1. The van der Waals surface area contributed by atoms with Crippen LogP contribution in [0.3, 0.4) is 0 Å². The molecule has 0 saturated heterocycles. The van der Waals surface area contributed by atoms with Gasteiger partial charge in [0.1, 0.15) is 5.82 Å². The fourth-order valence-electron chi connectivity index (χ4n) is 2.08. The van der Waals surface area contributed by atoms with Gasteiger partial charge in [0.25, 0.3) is 0 Å². The lowest BCUT2D eigenvalue weighted by molar-refractivity contribution is 0.631. The van der Waals surface area contributed by atoms with Crippen molar-refractivity contribution in [2.24, 2.45) is 0 Å². The van der Waals surface area contributed by atoms with E-state index in [0.717, 1.165) is 20.8 Å². The fraction of sp³-hybridized carbons (Fsp3) is 0.133. The van der Waals surface area contributed by atoms with Gasteiger partial charge in [0.15, 0.2) is 0 Å². The number of nitrogens with one attached hydrogen (secondary N) is 1. The highest BCUT2D eigenvalue weighted by atomic mass is 32.1. The van der Waals surface area contributed by atoms with Crippen LogP contribution < -0.4 is 11.1 Å². The molecule has 3 rings (SSSR count). The third-order valence-electron chi connectivity index (χ3n) is 3.06. The van der Waals surface area contributed by atoms with Crippen LogP contribution in [0.2, 0.25) is 0 Å². The number of benzene rings is 2. The highest BCUT2D eigenvalue weighted by Gasteiger charge is 2.08. The molecule has 3 N–H and O–H groups in total. The van der Waals surface area contributed by atoms with Gasteiger partial charge in [0.05, 0.1) is 32.3 Å². The Morgan fingerprint density at radius 3 is 2.70 bits per heavy atom. The third-order valence-corrected chi connectivity index (χ3v) is 3.99. The second-order valence-corrected chi connectivity index (χ2v) is 5.98. The normalized spacial score (nSPS) is 10.9. The fourth-order valence-corrected chi connectivity index (χ4v) is 2.94. The summed E-state index contributed by atoms with van der Waals surface area (Å²) in [4.78, 5) is 4.42. The summed E-state index contributed by atoms with van der Waals surface area (Å²) >= 11 is 1.59. The monoisotopic (exact) mass is 287 g/mol. The van der Waals surface area contributed by atoms with Gasteiger partial charge < -0.3 is 11.1 Å². The number of nitrogens with two attached hydrogens (primary N) is 1. The van der Waals surface area contributed by atoms with Crippen molar-refractivity contribution < 1.29 is 4.39 Å². The van der Waals surface area contributed by atoms with E-state index in [-0.39, 0.29) is 5.82 Å². The molecule has 0 radical (unpaired) electrons. The van der Waals surface area contributed by atoms with Crippen LogP contribution in [-0.4, -0.2) is 4.98 Å². The minimum absolute atomic E-state index is 0.293. The van der Waals surface area contributed by atoms with Gasteiger partial charge in [0.2, 0.25) is 0 Å². The van der Waals surface area contributed by atoms with Crippen LogP contribution in [0.1, 0.15) is 10.6 Å². The summed E-state index contributed by atoms with van der Waals surface area (Å²) in [5.41, 5.74) is 9.44. The standard InChI is InChI=1S/C15H14FN3S/c1-8-3-4-12(10(16)5-8)19-13-7-14-15(6-11(13)17)20-9(2)18-14/h3-7,19H,17H2,1-2H3. The number of anilines is 3. The van der Waals surface area contributed by atoms with E-state index in [4.69, 9.17) is 5.73 Å². The van der Waals surface area contributed by atoms with Crippen LogP contribution in [0.5, 0.6) is 0 Å². The molecule has 1 aromatic heterocycles. The van der Waals surface area contributed by atoms with Crippen molar-refractivity contribution >= 4 is 38.6 Å². The zero-order valence-corrected chi connectivity index (χ0v) is 12.0. The van der Waals surface area contributed by atoms with Crippen molar-refractivity contribution in [1.82, 2.24) is 4.98 Å². The van der Waals surface area contributed by atoms with Gasteiger partial charge in [-0.1, -0.05) is 6.07 Å². The average Bonchev–Trinajstić information content (AvgIpc) is 2.72. The molecule has 0 spiro atoms. The predicted molar refractivity (Wildman–Crippen MR) is 83.2 cm³/mol. The lowest BCUT2D eigenvalue weighted by Crippen LogP contribution is -1.98. The van der Waals surface area contributed by atoms with Crippen LogP contribution in [0.4, 0.5) is 21.5 Å². The molecule has 0 saturated carbocycles. The summed E-state index contributed by atoms with van der Waals surface area (Å²) in [7, 11) is 0. The van der Waals surface area contributed by atoms with Gasteiger partial charge in [-0.05, 0) is 43.7 Å². The Bertz CT molecular complexity index is 795. The summed E-state index contributed by atoms with van der Waals surface area (Å²) in [6.07, 6.45) is 0. The maximum atomic E-state index is 13.9. The molecule has 0 aliphatic heterocycles. The Hall–Kier alpha value is -2.14. The number of hydrogen-bond acceptors (Lipinski definition) is 4. The van der Waals surface area contributed by atoms with Crippen molar-refractivity contribution in [3.63, 3.8) is 0 Å². The molecule has 3 aromatic rings. The molecule has 3 nitrogen and oxygen atoms in total. The van der Waals surface area contributed by atoms with Gasteiger partial charge in [0, 0.05) is 0 Å². The number of nitrogen functional groups attached to an aromatic ring is 1. The minimum atomic E-state index is -0.293. The second-order valence-electron chi connectivity index (χ2n) is 4.75. The summed E-state index contributed by atoms with van der Waals surface area (Å²) in [6.45, 7) is 3.80. The summed E-state index contributed by atoms with van der Waals surface area (Å²) < 4.78 is 14.9. The summed E-state index contributed by atoms with van der Waals surface area (Å²) in [6, 6.07) is 8.78. The molecule has 102 valence electrons. The Kier molecular flexibility index (Phi) is 3.06. The molecule has 0 amide bonds. The number of aryl methyl sites for hydroxylation is 2. The van der Waals surface area contributed by atoms with Gasteiger partial charge >= 0.3 is 0 Å². The van der Waals surface area contributed by atoms with Crippen molar-refractivity contribution in [2.45, 2.75) is 13.8 Å². The quantitative estimate of drug-likeness (QED) is 0.688. The number of aromatic nitrogens is 1. The van der Waals surface area contributed by atoms with Crippen LogP contribution in [0.25, 0.3) is 10.2 Å². The number of fused-ring (bicyclic) bond motifs is 1. The Labute approximate surface area is 120 Å². The van der Waals surface area contributed by atoms with Gasteiger partial charge in [-0.2, -0.15) is 0 Å². The zero-order valence-electron chi connectivity index (χ0n) is 11.2. The van der Waals surface area contributed by atoms with Crippen molar-refractivity contribution in [3.05, 3.63) is 46.7 Å². The van der Waals surface area contributed by atoms with Crippen LogP contribution in [0.15, 0.2) is 30.3 Å². The smallest absolute Gasteiger partial charge is 0.146 e. The lowest BCUT2D eigenvalue weighted by Gasteiger charge is -2.10. The number of nitrogens with zero attached hydrogens (tertiary/aromatic N) is 1. The van der Waals surface area contributed by atoms with Crippen molar-refractivity contribution in [1.29, 1.82) is 0 Å². The first-order valence-electron chi connectivity index (χ1n) is 6.23. The predicted octanol–water partition coefficient (Wildman–Crippen LogP) is 4.38. The van der Waals surface area contributed by atoms with Gasteiger partial charge in [-0.15, -0.1) is 11.3 Å². The first kappa shape index (κ1) is 12.9. The van der Waals surface area contributed by atoms with E-state index in [1.807, 2.05) is 32.0 Å². The SMILES string of the molecule is Cc1ccc(Nc2cc3nc(C)sc3cc2N)c(F)c1. The molecule has 0 aliphatic carbocycles. The van der Waals surface area contributed by atoms with E-state index >= 15 is 0 Å². The molecular formula is C15H14FN3S. The van der Waals surface area contributed by atoms with E-state index in [1.54, 1.807) is 17.4 Å². The summed E-state index contributed by atoms with van der Waals surface area (Å²) in [5.74, 6) is -0.293. The molecule has 0 atom stereocenters. The second kappa shape index (κ2) is 4.76. The van der Waals surface area contributed by atoms with E-state index in [9.17, 15) is 4.39 Å². The first-order valence-corrected chi connectivity index (χ1v) is 7.04. The van der Waals surface area contributed by atoms with Crippen LogP contribution in [-0.2, 0) is 0 Å². The number of thiazole rings is 1. The maximum absolute atomic E-state index is 13.9. The lowest BCUT2D eigenvalue weighted by atomic mass is 10.2. The Morgan fingerprint density at radius 2 is 1.95 bits per heavy atom. The van der Waals surface area contributed by atoms with E-state index in [2.05, 4.69) is 10.3 Å². The Balaban J connectivity index is 2.03. The van der Waals surface area contributed by atoms with Crippen molar-refractivity contribution in [3.8, 4) is 0 Å². The number of hydrogen-bond donors (Lipinski definition) is 2. The van der Waals surface area contributed by atoms with E-state index < -0.39 is 0 Å². The van der Waals surface area contributed by atoms with E-state index in [1.165, 1.54) is 6.07 Å². The summed E-state index contributed by atoms with van der Waals surface area (Å²) in [5, 5.41) is 4.02. The van der Waals surface area contributed by atoms with Crippen LogP contribution in [0, 0.1) is 19.7 Å². The minimum Gasteiger partial charge on any atom is -0.397 e. The van der Waals surface area contributed by atoms with Crippen LogP contribution >= 0.6 is 11.3 Å². The topological polar surface area (TPSA) is 50.9 Å². The van der Waals surface area contributed by atoms with Gasteiger partial charge in [-0.25, -0.2) is 9.37 Å². The molecule has 2 aromatic carbocycles. The highest BCUT2D eigenvalue weighted by Crippen LogP contribution is 2.32. The molecule has 0 unspecified atom stereocenters. The molecule has 5 heteroatoms. The molecular weight excluding hydrogens is 273 g/mol. The van der Waals surface area contributed by atoms with E-state index in [0.29, 0.717) is 17.1 Å². The first-order chi connectivity index (χ1) is 9.52. The molecule has 20 heavy (non-hydrogen) atoms. The van der Waals surface area contributed by atoms with Gasteiger partial charge in [-0.3, -0.25) is 0 Å². The average molecular weight is 287 g/mol. The molecule has 0 aliphatic rings. The highest BCUT2D eigenvalue weighted by molar-refractivity contribution is 7.18. The third kappa shape index (κ3) is 2.32. The maximum Gasteiger partial charge on any atom is 0.146 e. The number of rotatable bonds is 2. The molecule has 1 heterocycles.